The molecule has 1 aliphatic heterocycles. The molecule has 7 nitrogen and oxygen atoms in total. The van der Waals surface area contributed by atoms with Crippen molar-refractivity contribution in [3.05, 3.63) is 99.6 Å². The van der Waals surface area contributed by atoms with E-state index in [0.717, 1.165) is 24.1 Å². The van der Waals surface area contributed by atoms with Crippen molar-refractivity contribution in [1.82, 2.24) is 4.90 Å². The molecular weight excluding hydrogens is 440 g/mol. The summed E-state index contributed by atoms with van der Waals surface area (Å²) in [6, 6.07) is 23.2. The zero-order valence-electron chi connectivity index (χ0n) is 20.3. The number of carbonyl (C=O) groups excluding carboxylic acids is 1. The molecule has 0 unspecified atom stereocenters. The van der Waals surface area contributed by atoms with Gasteiger partial charge in [-0.1, -0.05) is 48.0 Å². The van der Waals surface area contributed by atoms with Crippen LogP contribution in [0.3, 0.4) is 0 Å². The van der Waals surface area contributed by atoms with E-state index < -0.39 is 0 Å². The number of hydrogen-bond donors (Lipinski definition) is 1. The van der Waals surface area contributed by atoms with Crippen LogP contribution in [0.5, 0.6) is 0 Å². The maximum atomic E-state index is 12.8. The molecule has 0 bridgehead atoms. The molecule has 1 fully saturated rings. The molecule has 182 valence electrons. The van der Waals surface area contributed by atoms with E-state index in [-0.39, 0.29) is 22.6 Å². The van der Waals surface area contributed by atoms with Gasteiger partial charge in [0.05, 0.1) is 4.92 Å². The van der Waals surface area contributed by atoms with Crippen molar-refractivity contribution in [3.8, 4) is 0 Å². The van der Waals surface area contributed by atoms with Gasteiger partial charge in [0.15, 0.2) is 0 Å². The summed E-state index contributed by atoms with van der Waals surface area (Å²) in [5.41, 5.74) is 4.62. The Labute approximate surface area is 206 Å². The van der Waals surface area contributed by atoms with Crippen molar-refractivity contribution >= 4 is 23.0 Å². The molecule has 35 heavy (non-hydrogen) atoms. The standard InChI is InChI=1S/C28H32N4O3/c1-21-8-12-24(13-9-21)28(33)31-18-16-30(17-19-31)25-14-15-27(32(34)35)26(20-25)29-22(2)10-11-23-6-4-3-5-7-23/h3-9,12-15,20,22,29H,10-11,16-19H2,1-2H3/t22-/m0/s1. The van der Waals surface area contributed by atoms with Crippen LogP contribution in [0.1, 0.15) is 34.8 Å². The number of nitro benzene ring substituents is 1. The van der Waals surface area contributed by atoms with Crippen LogP contribution in [0, 0.1) is 17.0 Å². The van der Waals surface area contributed by atoms with E-state index in [9.17, 15) is 14.9 Å². The zero-order chi connectivity index (χ0) is 24.8. The number of benzene rings is 3. The second kappa shape index (κ2) is 11.0. The van der Waals surface area contributed by atoms with Crippen LogP contribution in [0.15, 0.2) is 72.8 Å². The maximum absolute atomic E-state index is 12.8. The van der Waals surface area contributed by atoms with Gasteiger partial charge in [0.25, 0.3) is 11.6 Å². The lowest BCUT2D eigenvalue weighted by Gasteiger charge is -2.36. The Morgan fingerprint density at radius 1 is 1.00 bits per heavy atom. The molecule has 0 aromatic heterocycles. The van der Waals surface area contributed by atoms with Gasteiger partial charge in [-0.15, -0.1) is 0 Å². The average molecular weight is 473 g/mol. The first-order valence-corrected chi connectivity index (χ1v) is 12.1. The molecule has 1 N–H and O–H groups in total. The number of nitrogens with zero attached hydrogens (tertiary/aromatic N) is 3. The summed E-state index contributed by atoms with van der Waals surface area (Å²) in [6.45, 7) is 6.63. The van der Waals surface area contributed by atoms with E-state index in [2.05, 4.69) is 29.3 Å². The van der Waals surface area contributed by atoms with Gasteiger partial charge in [-0.05, 0) is 56.5 Å². The van der Waals surface area contributed by atoms with Crippen molar-refractivity contribution in [3.63, 3.8) is 0 Å². The fraction of sp³-hybridized carbons (Fsp3) is 0.321. The summed E-state index contributed by atoms with van der Waals surface area (Å²) in [4.78, 5) is 28.2. The first-order chi connectivity index (χ1) is 16.9. The molecule has 3 aromatic carbocycles. The third-order valence-corrected chi connectivity index (χ3v) is 6.52. The van der Waals surface area contributed by atoms with Gasteiger partial charge >= 0.3 is 0 Å². The minimum Gasteiger partial charge on any atom is -0.377 e. The number of anilines is 2. The highest BCUT2D eigenvalue weighted by molar-refractivity contribution is 5.94. The van der Waals surface area contributed by atoms with E-state index in [4.69, 9.17) is 0 Å². The second-order valence-corrected chi connectivity index (χ2v) is 9.17. The molecule has 1 amide bonds. The van der Waals surface area contributed by atoms with Crippen LogP contribution in [0.4, 0.5) is 17.1 Å². The van der Waals surface area contributed by atoms with E-state index in [1.54, 1.807) is 12.1 Å². The fourth-order valence-corrected chi connectivity index (χ4v) is 4.41. The molecule has 0 spiro atoms. The van der Waals surface area contributed by atoms with Crippen molar-refractivity contribution in [2.24, 2.45) is 0 Å². The molecular formula is C28H32N4O3. The Bertz CT molecular complexity index is 1160. The first-order valence-electron chi connectivity index (χ1n) is 12.1. The van der Waals surface area contributed by atoms with Crippen LogP contribution >= 0.6 is 0 Å². The predicted molar refractivity (Wildman–Crippen MR) is 140 cm³/mol. The van der Waals surface area contributed by atoms with E-state index >= 15 is 0 Å². The fourth-order valence-electron chi connectivity index (χ4n) is 4.41. The number of amides is 1. The molecule has 1 saturated heterocycles. The smallest absolute Gasteiger partial charge is 0.292 e. The number of piperazine rings is 1. The average Bonchev–Trinajstić information content (AvgIpc) is 2.88. The van der Waals surface area contributed by atoms with Crippen molar-refractivity contribution < 1.29 is 9.72 Å². The molecule has 0 saturated carbocycles. The minimum absolute atomic E-state index is 0.0444. The predicted octanol–water partition coefficient (Wildman–Crippen LogP) is 5.30. The Kier molecular flexibility index (Phi) is 7.65. The third kappa shape index (κ3) is 6.18. The number of carbonyl (C=O) groups is 1. The largest absolute Gasteiger partial charge is 0.377 e. The van der Waals surface area contributed by atoms with Gasteiger partial charge in [0.2, 0.25) is 0 Å². The molecule has 0 radical (unpaired) electrons. The van der Waals surface area contributed by atoms with E-state index in [1.165, 1.54) is 5.56 Å². The number of rotatable bonds is 8. The molecule has 0 aliphatic carbocycles. The number of nitrogens with one attached hydrogen (secondary N) is 1. The second-order valence-electron chi connectivity index (χ2n) is 9.17. The Hall–Kier alpha value is -3.87. The van der Waals surface area contributed by atoms with Gasteiger partial charge in [-0.25, -0.2) is 0 Å². The SMILES string of the molecule is Cc1ccc(C(=O)N2CCN(c3ccc([N+](=O)[O-])c(N[C@@H](C)CCc4ccccc4)c3)CC2)cc1. The van der Waals surface area contributed by atoms with Crippen molar-refractivity contribution in [2.45, 2.75) is 32.7 Å². The Morgan fingerprint density at radius 2 is 1.69 bits per heavy atom. The summed E-state index contributed by atoms with van der Waals surface area (Å²) in [5.74, 6) is 0.0444. The summed E-state index contributed by atoms with van der Waals surface area (Å²) in [7, 11) is 0. The van der Waals surface area contributed by atoms with Gasteiger partial charge in [0.1, 0.15) is 5.69 Å². The van der Waals surface area contributed by atoms with Crippen LogP contribution < -0.4 is 10.2 Å². The highest BCUT2D eigenvalue weighted by Gasteiger charge is 2.24. The van der Waals surface area contributed by atoms with Gasteiger partial charge in [-0.3, -0.25) is 14.9 Å². The van der Waals surface area contributed by atoms with Gasteiger partial charge in [0, 0.05) is 49.5 Å². The van der Waals surface area contributed by atoms with Crippen molar-refractivity contribution in [1.29, 1.82) is 0 Å². The summed E-state index contributed by atoms with van der Waals surface area (Å²) < 4.78 is 0. The molecule has 1 heterocycles. The molecule has 3 aromatic rings. The normalized spacial score (nSPS) is 14.5. The van der Waals surface area contributed by atoms with Crippen LogP contribution in [0.25, 0.3) is 0 Å². The topological polar surface area (TPSA) is 78.7 Å². The van der Waals surface area contributed by atoms with Gasteiger partial charge < -0.3 is 15.1 Å². The van der Waals surface area contributed by atoms with Crippen molar-refractivity contribution in [2.75, 3.05) is 36.4 Å². The van der Waals surface area contributed by atoms with Gasteiger partial charge in [-0.2, -0.15) is 0 Å². The minimum atomic E-state index is -0.339. The number of hydrogen-bond acceptors (Lipinski definition) is 5. The highest BCUT2D eigenvalue weighted by Crippen LogP contribution is 2.31. The lowest BCUT2D eigenvalue weighted by molar-refractivity contribution is -0.384. The quantitative estimate of drug-likeness (QED) is 0.356. The highest BCUT2D eigenvalue weighted by atomic mass is 16.6. The van der Waals surface area contributed by atoms with Crippen LogP contribution in [-0.2, 0) is 6.42 Å². The molecule has 7 heteroatoms. The number of aryl methyl sites for hydroxylation is 2. The molecule has 1 aliphatic rings. The summed E-state index contributed by atoms with van der Waals surface area (Å²) in [6.07, 6.45) is 1.77. The van der Waals surface area contributed by atoms with Crippen LogP contribution in [0.2, 0.25) is 0 Å². The monoisotopic (exact) mass is 472 g/mol. The summed E-state index contributed by atoms with van der Waals surface area (Å²) >= 11 is 0. The lowest BCUT2D eigenvalue weighted by atomic mass is 10.1. The number of nitro groups is 1. The van der Waals surface area contributed by atoms with E-state index in [1.807, 2.05) is 60.4 Å². The first kappa shape index (κ1) is 24.3. The van der Waals surface area contributed by atoms with E-state index in [0.29, 0.717) is 37.4 Å². The zero-order valence-corrected chi connectivity index (χ0v) is 20.3. The molecule has 1 atom stereocenters. The third-order valence-electron chi connectivity index (χ3n) is 6.52. The Balaban J connectivity index is 1.40. The lowest BCUT2D eigenvalue weighted by Crippen LogP contribution is -2.48. The summed E-state index contributed by atoms with van der Waals surface area (Å²) in [5, 5.41) is 15.0. The van der Waals surface area contributed by atoms with Crippen LogP contribution in [-0.4, -0.2) is 48.0 Å². The maximum Gasteiger partial charge on any atom is 0.292 e. The molecule has 4 rings (SSSR count). The Morgan fingerprint density at radius 3 is 2.34 bits per heavy atom.